The number of benzene rings is 1. The highest BCUT2D eigenvalue weighted by Gasteiger charge is 2.38. The third-order valence-corrected chi connectivity index (χ3v) is 3.76. The molecule has 1 aromatic rings. The van der Waals surface area contributed by atoms with Gasteiger partial charge in [-0.05, 0) is 36.6 Å². The van der Waals surface area contributed by atoms with E-state index in [1.807, 2.05) is 12.1 Å². The van der Waals surface area contributed by atoms with Gasteiger partial charge in [-0.2, -0.15) is 0 Å². The van der Waals surface area contributed by atoms with E-state index in [0.29, 0.717) is 0 Å². The van der Waals surface area contributed by atoms with Crippen LogP contribution in [0.1, 0.15) is 24.8 Å². The van der Waals surface area contributed by atoms with E-state index in [0.717, 1.165) is 27.9 Å². The van der Waals surface area contributed by atoms with Crippen LogP contribution in [0.15, 0.2) is 22.7 Å². The summed E-state index contributed by atoms with van der Waals surface area (Å²) in [6, 6.07) is 5.89. The van der Waals surface area contributed by atoms with Crippen molar-refractivity contribution in [3.63, 3.8) is 0 Å². The lowest BCUT2D eigenvalue weighted by molar-refractivity contribution is 0.120. The summed E-state index contributed by atoms with van der Waals surface area (Å²) in [6.45, 7) is 0.222. The zero-order valence-corrected chi connectivity index (χ0v) is 10.1. The Kier molecular flexibility index (Phi) is 2.87. The highest BCUT2D eigenvalue weighted by molar-refractivity contribution is 9.10. The Morgan fingerprint density at radius 2 is 2.07 bits per heavy atom. The molecule has 1 aliphatic rings. The summed E-state index contributed by atoms with van der Waals surface area (Å²) in [5.74, 6) is 0. The highest BCUT2D eigenvalue weighted by Crippen LogP contribution is 2.44. The molecule has 1 aliphatic carbocycles. The van der Waals surface area contributed by atoms with Crippen molar-refractivity contribution in [1.29, 1.82) is 0 Å². The molecule has 0 saturated heterocycles. The molecule has 1 fully saturated rings. The summed E-state index contributed by atoms with van der Waals surface area (Å²) in [5.41, 5.74) is 1.14. The largest absolute Gasteiger partial charge is 0.395 e. The molecule has 3 heteroatoms. The normalized spacial score (nSPS) is 19.1. The van der Waals surface area contributed by atoms with Gasteiger partial charge < -0.3 is 5.11 Å². The summed E-state index contributed by atoms with van der Waals surface area (Å²) in [5, 5.41) is 10.1. The molecule has 14 heavy (non-hydrogen) atoms. The van der Waals surface area contributed by atoms with E-state index in [4.69, 9.17) is 11.6 Å². The van der Waals surface area contributed by atoms with Crippen LogP contribution in [-0.2, 0) is 5.41 Å². The van der Waals surface area contributed by atoms with Crippen LogP contribution in [0, 0.1) is 0 Å². The van der Waals surface area contributed by atoms with Crippen molar-refractivity contribution in [2.75, 3.05) is 6.61 Å². The zero-order chi connectivity index (χ0) is 10.2. The maximum Gasteiger partial charge on any atom is 0.0527 e. The van der Waals surface area contributed by atoms with Gasteiger partial charge in [-0.3, -0.25) is 0 Å². The minimum atomic E-state index is -0.0204. The van der Waals surface area contributed by atoms with Crippen LogP contribution in [0.5, 0.6) is 0 Å². The van der Waals surface area contributed by atoms with E-state index in [1.165, 1.54) is 6.42 Å². The van der Waals surface area contributed by atoms with E-state index in [2.05, 4.69) is 22.0 Å². The van der Waals surface area contributed by atoms with Gasteiger partial charge in [-0.1, -0.05) is 34.0 Å². The molecule has 1 nitrogen and oxygen atoms in total. The molecule has 0 aromatic heterocycles. The summed E-state index contributed by atoms with van der Waals surface area (Å²) in [6.07, 6.45) is 3.33. The first-order chi connectivity index (χ1) is 6.66. The van der Waals surface area contributed by atoms with Crippen molar-refractivity contribution >= 4 is 27.5 Å². The second kappa shape index (κ2) is 3.84. The Hall–Kier alpha value is -0.0500. The average Bonchev–Trinajstić information content (AvgIpc) is 2.01. The van der Waals surface area contributed by atoms with Crippen LogP contribution in [0.25, 0.3) is 0 Å². The first-order valence-electron chi connectivity index (χ1n) is 4.74. The van der Waals surface area contributed by atoms with Crippen LogP contribution >= 0.6 is 27.5 Å². The van der Waals surface area contributed by atoms with Gasteiger partial charge in [0, 0.05) is 14.9 Å². The highest BCUT2D eigenvalue weighted by atomic mass is 79.9. The summed E-state index contributed by atoms with van der Waals surface area (Å²) in [4.78, 5) is 0. The molecular formula is C11H12BrClO. The molecule has 76 valence electrons. The van der Waals surface area contributed by atoms with Crippen molar-refractivity contribution in [2.24, 2.45) is 0 Å². The molecule has 0 amide bonds. The van der Waals surface area contributed by atoms with Gasteiger partial charge in [0.05, 0.1) is 6.61 Å². The number of aliphatic hydroxyl groups is 1. The third-order valence-electron chi connectivity index (χ3n) is 3.09. The molecule has 0 heterocycles. The van der Waals surface area contributed by atoms with Gasteiger partial charge in [-0.25, -0.2) is 0 Å². The van der Waals surface area contributed by atoms with Crippen LogP contribution in [0.4, 0.5) is 0 Å². The fourth-order valence-corrected chi connectivity index (χ4v) is 2.86. The standard InChI is InChI=1S/C11H12BrClO/c12-9-4-8(5-10(13)6-9)11(7-14)2-1-3-11/h4-6,14H,1-3,7H2. The first-order valence-corrected chi connectivity index (χ1v) is 5.91. The number of rotatable bonds is 2. The molecule has 2 rings (SSSR count). The Balaban J connectivity index is 2.39. The lowest BCUT2D eigenvalue weighted by Crippen LogP contribution is -2.37. The predicted octanol–water partition coefficient (Wildman–Crippen LogP) is 3.52. The molecule has 0 atom stereocenters. The molecule has 0 unspecified atom stereocenters. The number of hydrogen-bond acceptors (Lipinski definition) is 1. The average molecular weight is 276 g/mol. The number of hydrogen-bond donors (Lipinski definition) is 1. The predicted molar refractivity (Wildman–Crippen MR) is 61.8 cm³/mol. The Morgan fingerprint density at radius 1 is 1.36 bits per heavy atom. The van der Waals surface area contributed by atoms with Gasteiger partial charge in [0.2, 0.25) is 0 Å². The zero-order valence-electron chi connectivity index (χ0n) is 7.76. The maximum absolute atomic E-state index is 9.41. The van der Waals surface area contributed by atoms with Gasteiger partial charge in [0.25, 0.3) is 0 Å². The monoisotopic (exact) mass is 274 g/mol. The second-order valence-corrected chi connectivity index (χ2v) is 5.30. The van der Waals surface area contributed by atoms with Gasteiger partial charge in [-0.15, -0.1) is 0 Å². The molecule has 0 spiro atoms. The van der Waals surface area contributed by atoms with E-state index in [1.54, 1.807) is 0 Å². The van der Waals surface area contributed by atoms with Gasteiger partial charge in [0.15, 0.2) is 0 Å². The smallest absolute Gasteiger partial charge is 0.0527 e. The second-order valence-electron chi connectivity index (χ2n) is 3.95. The van der Waals surface area contributed by atoms with Crippen LogP contribution < -0.4 is 0 Å². The van der Waals surface area contributed by atoms with Crippen molar-refractivity contribution in [3.8, 4) is 0 Å². The molecule has 1 saturated carbocycles. The van der Waals surface area contributed by atoms with E-state index in [9.17, 15) is 5.11 Å². The van der Waals surface area contributed by atoms with Crippen LogP contribution in [0.2, 0.25) is 5.02 Å². The topological polar surface area (TPSA) is 20.2 Å². The van der Waals surface area contributed by atoms with Gasteiger partial charge >= 0.3 is 0 Å². The van der Waals surface area contributed by atoms with Crippen molar-refractivity contribution in [1.82, 2.24) is 0 Å². The first kappa shape index (κ1) is 10.5. The van der Waals surface area contributed by atoms with Crippen molar-refractivity contribution < 1.29 is 5.11 Å². The number of aliphatic hydroxyl groups excluding tert-OH is 1. The van der Waals surface area contributed by atoms with Crippen molar-refractivity contribution in [3.05, 3.63) is 33.3 Å². The maximum atomic E-state index is 9.41. The summed E-state index contributed by atoms with van der Waals surface area (Å²) >= 11 is 9.40. The fraction of sp³-hybridized carbons (Fsp3) is 0.455. The molecule has 1 N–H and O–H groups in total. The van der Waals surface area contributed by atoms with Gasteiger partial charge in [0.1, 0.15) is 0 Å². The Morgan fingerprint density at radius 3 is 2.50 bits per heavy atom. The van der Waals surface area contributed by atoms with E-state index >= 15 is 0 Å². The SMILES string of the molecule is OCC1(c2cc(Cl)cc(Br)c2)CCC1. The summed E-state index contributed by atoms with van der Waals surface area (Å²) < 4.78 is 0.986. The molecule has 0 radical (unpaired) electrons. The van der Waals surface area contributed by atoms with Crippen LogP contribution in [-0.4, -0.2) is 11.7 Å². The molecule has 0 bridgehead atoms. The minimum Gasteiger partial charge on any atom is -0.395 e. The lowest BCUT2D eigenvalue weighted by atomic mass is 9.65. The fourth-order valence-electron chi connectivity index (χ4n) is 2.00. The summed E-state index contributed by atoms with van der Waals surface area (Å²) in [7, 11) is 0. The number of halogens is 2. The van der Waals surface area contributed by atoms with Crippen LogP contribution in [0.3, 0.4) is 0 Å². The van der Waals surface area contributed by atoms with E-state index < -0.39 is 0 Å². The Labute approximate surface area is 97.2 Å². The molecule has 1 aromatic carbocycles. The van der Waals surface area contributed by atoms with E-state index in [-0.39, 0.29) is 12.0 Å². The van der Waals surface area contributed by atoms with Crippen molar-refractivity contribution in [2.45, 2.75) is 24.7 Å². The Bertz CT molecular complexity index is 321. The lowest BCUT2D eigenvalue weighted by Gasteiger charge is -2.41. The quantitative estimate of drug-likeness (QED) is 0.875. The minimum absolute atomic E-state index is 0.0204. The third kappa shape index (κ3) is 1.71. The molecule has 0 aliphatic heterocycles. The molecular weight excluding hydrogens is 263 g/mol.